The first kappa shape index (κ1) is 17.1. The van der Waals surface area contributed by atoms with E-state index in [0.717, 1.165) is 0 Å². The van der Waals surface area contributed by atoms with E-state index in [1.54, 1.807) is 19.0 Å². The largest absolute Gasteiger partial charge is 0.331 e. The predicted octanol–water partition coefficient (Wildman–Crippen LogP) is 2.44. The van der Waals surface area contributed by atoms with Gasteiger partial charge in [0.1, 0.15) is 5.82 Å². The van der Waals surface area contributed by atoms with Gasteiger partial charge in [0.2, 0.25) is 5.91 Å². The van der Waals surface area contributed by atoms with Crippen LogP contribution in [0.4, 0.5) is 23.7 Å². The highest BCUT2D eigenvalue weighted by Crippen LogP contribution is 2.23. The first-order chi connectivity index (χ1) is 10.8. The van der Waals surface area contributed by atoms with Gasteiger partial charge in [0.05, 0.1) is 5.69 Å². The Labute approximate surface area is 132 Å². The van der Waals surface area contributed by atoms with Crippen molar-refractivity contribution in [3.8, 4) is 0 Å². The second-order valence-electron chi connectivity index (χ2n) is 5.67. The Hall–Kier alpha value is -2.25. The minimum atomic E-state index is -1.31. The van der Waals surface area contributed by atoms with Crippen molar-refractivity contribution in [1.29, 1.82) is 0 Å². The average molecular weight is 329 g/mol. The van der Waals surface area contributed by atoms with Gasteiger partial charge in [-0.05, 0) is 12.8 Å². The van der Waals surface area contributed by atoms with E-state index >= 15 is 0 Å². The summed E-state index contributed by atoms with van der Waals surface area (Å²) in [6, 6.07) is 0.881. The Kier molecular flexibility index (Phi) is 5.12. The van der Waals surface area contributed by atoms with E-state index in [2.05, 4.69) is 5.32 Å². The van der Waals surface area contributed by atoms with Gasteiger partial charge in [-0.1, -0.05) is 0 Å². The maximum absolute atomic E-state index is 13.5. The zero-order valence-electron chi connectivity index (χ0n) is 12.9. The molecule has 1 aliphatic rings. The molecule has 0 bridgehead atoms. The number of amides is 3. The highest BCUT2D eigenvalue weighted by Gasteiger charge is 2.28. The number of nitrogens with zero attached hydrogens (tertiary/aromatic N) is 2. The molecule has 0 aliphatic carbocycles. The second kappa shape index (κ2) is 6.89. The smallest absolute Gasteiger partial charge is 0.319 e. The zero-order chi connectivity index (χ0) is 17.1. The quantitative estimate of drug-likeness (QED) is 0.848. The van der Waals surface area contributed by atoms with Crippen molar-refractivity contribution in [1.82, 2.24) is 9.80 Å². The summed E-state index contributed by atoms with van der Waals surface area (Å²) in [7, 11) is 3.29. The number of carbonyl (C=O) groups excluding carboxylic acids is 2. The molecular formula is C15H18F3N3O2. The maximum atomic E-state index is 13.5. The molecule has 1 aromatic rings. The lowest BCUT2D eigenvalue weighted by Crippen LogP contribution is -2.45. The molecule has 1 aliphatic heterocycles. The summed E-state index contributed by atoms with van der Waals surface area (Å²) in [5.41, 5.74) is -0.388. The molecule has 1 aromatic carbocycles. The number of hydrogen-bond acceptors (Lipinski definition) is 2. The van der Waals surface area contributed by atoms with Crippen LogP contribution in [0.15, 0.2) is 12.1 Å². The lowest BCUT2D eigenvalue weighted by molar-refractivity contribution is -0.121. The molecule has 2 rings (SSSR count). The molecule has 8 heteroatoms. The molecule has 0 atom stereocenters. The summed E-state index contributed by atoms with van der Waals surface area (Å²) in [6.07, 6.45) is 0.855. The minimum Gasteiger partial charge on any atom is -0.331 e. The first-order valence-electron chi connectivity index (χ1n) is 7.21. The number of anilines is 1. The molecule has 126 valence electrons. The van der Waals surface area contributed by atoms with Crippen LogP contribution in [0.1, 0.15) is 12.8 Å². The molecule has 0 aromatic heterocycles. The van der Waals surface area contributed by atoms with E-state index in [-0.39, 0.29) is 11.7 Å². The molecule has 1 saturated heterocycles. The van der Waals surface area contributed by atoms with Crippen molar-refractivity contribution in [3.05, 3.63) is 29.6 Å². The molecular weight excluding hydrogens is 311 g/mol. The Balaban J connectivity index is 1.96. The van der Waals surface area contributed by atoms with E-state index in [1.807, 2.05) is 0 Å². The van der Waals surface area contributed by atoms with Gasteiger partial charge < -0.3 is 15.1 Å². The van der Waals surface area contributed by atoms with Crippen LogP contribution < -0.4 is 5.32 Å². The van der Waals surface area contributed by atoms with Crippen LogP contribution in [0.3, 0.4) is 0 Å². The first-order valence-corrected chi connectivity index (χ1v) is 7.21. The number of nitrogens with one attached hydrogen (secondary N) is 1. The fourth-order valence-corrected chi connectivity index (χ4v) is 2.47. The number of urea groups is 1. The predicted molar refractivity (Wildman–Crippen MR) is 78.3 cm³/mol. The van der Waals surface area contributed by atoms with E-state index in [0.29, 0.717) is 38.1 Å². The third-order valence-corrected chi connectivity index (χ3v) is 3.79. The number of likely N-dealkylation sites (tertiary alicyclic amines) is 1. The van der Waals surface area contributed by atoms with Crippen molar-refractivity contribution in [3.63, 3.8) is 0 Å². The number of rotatable bonds is 2. The van der Waals surface area contributed by atoms with Crippen LogP contribution in [0.5, 0.6) is 0 Å². The third-order valence-electron chi connectivity index (χ3n) is 3.79. The van der Waals surface area contributed by atoms with Crippen molar-refractivity contribution in [2.75, 3.05) is 32.5 Å². The topological polar surface area (TPSA) is 52.7 Å². The number of halogens is 3. The molecule has 1 heterocycles. The molecule has 1 N–H and O–H groups in total. The van der Waals surface area contributed by atoms with Gasteiger partial charge in [0.15, 0.2) is 11.6 Å². The van der Waals surface area contributed by atoms with Crippen molar-refractivity contribution >= 4 is 17.6 Å². The summed E-state index contributed by atoms with van der Waals surface area (Å²) >= 11 is 0. The standard InChI is InChI=1S/C15H18F3N3O2/c1-20(2)15(23)21-5-3-9(4-6-21)14(22)19-13-8-11(17)10(16)7-12(13)18/h7-9H,3-6H2,1-2H3,(H,19,22). The lowest BCUT2D eigenvalue weighted by atomic mass is 9.96. The summed E-state index contributed by atoms with van der Waals surface area (Å²) in [4.78, 5) is 27.0. The van der Waals surface area contributed by atoms with Crippen LogP contribution in [0.2, 0.25) is 0 Å². The van der Waals surface area contributed by atoms with Crippen LogP contribution in [-0.4, -0.2) is 48.9 Å². The van der Waals surface area contributed by atoms with Gasteiger partial charge in [-0.25, -0.2) is 18.0 Å². The molecule has 0 unspecified atom stereocenters. The van der Waals surface area contributed by atoms with Crippen LogP contribution in [-0.2, 0) is 4.79 Å². The monoisotopic (exact) mass is 329 g/mol. The molecule has 1 fully saturated rings. The van der Waals surface area contributed by atoms with Crippen molar-refractivity contribution < 1.29 is 22.8 Å². The van der Waals surface area contributed by atoms with E-state index < -0.39 is 29.3 Å². The van der Waals surface area contributed by atoms with Gasteiger partial charge in [0.25, 0.3) is 0 Å². The fourth-order valence-electron chi connectivity index (χ4n) is 2.47. The van der Waals surface area contributed by atoms with Crippen LogP contribution >= 0.6 is 0 Å². The highest BCUT2D eigenvalue weighted by atomic mass is 19.2. The number of carbonyl (C=O) groups is 2. The molecule has 3 amide bonds. The van der Waals surface area contributed by atoms with Crippen LogP contribution in [0.25, 0.3) is 0 Å². The Morgan fingerprint density at radius 1 is 1.09 bits per heavy atom. The summed E-state index contributed by atoms with van der Waals surface area (Å²) in [6.45, 7) is 0.824. The summed E-state index contributed by atoms with van der Waals surface area (Å²) in [5.74, 6) is -4.44. The SMILES string of the molecule is CN(C)C(=O)N1CCC(C(=O)Nc2cc(F)c(F)cc2F)CC1. The summed E-state index contributed by atoms with van der Waals surface area (Å²) in [5, 5.41) is 2.28. The Morgan fingerprint density at radius 3 is 2.22 bits per heavy atom. The van der Waals surface area contributed by atoms with Crippen molar-refractivity contribution in [2.24, 2.45) is 5.92 Å². The Bertz CT molecular complexity index is 614. The van der Waals surface area contributed by atoms with Crippen LogP contribution in [0, 0.1) is 23.4 Å². The zero-order valence-corrected chi connectivity index (χ0v) is 12.9. The average Bonchev–Trinajstić information content (AvgIpc) is 2.51. The van der Waals surface area contributed by atoms with Gasteiger partial charge in [0, 0.05) is 45.2 Å². The molecule has 0 spiro atoms. The maximum Gasteiger partial charge on any atom is 0.319 e. The van der Waals surface area contributed by atoms with Gasteiger partial charge >= 0.3 is 6.03 Å². The lowest BCUT2D eigenvalue weighted by Gasteiger charge is -2.33. The van der Waals surface area contributed by atoms with E-state index in [4.69, 9.17) is 0 Å². The second-order valence-corrected chi connectivity index (χ2v) is 5.67. The highest BCUT2D eigenvalue weighted by molar-refractivity contribution is 5.92. The molecule has 5 nitrogen and oxygen atoms in total. The Morgan fingerprint density at radius 2 is 1.65 bits per heavy atom. The third kappa shape index (κ3) is 3.94. The normalized spacial score (nSPS) is 15.4. The number of hydrogen-bond donors (Lipinski definition) is 1. The molecule has 23 heavy (non-hydrogen) atoms. The van der Waals surface area contributed by atoms with E-state index in [1.165, 1.54) is 4.90 Å². The minimum absolute atomic E-state index is 0.129. The van der Waals surface area contributed by atoms with E-state index in [9.17, 15) is 22.8 Å². The molecule has 0 radical (unpaired) electrons. The van der Waals surface area contributed by atoms with Gasteiger partial charge in [-0.2, -0.15) is 0 Å². The van der Waals surface area contributed by atoms with Gasteiger partial charge in [-0.15, -0.1) is 0 Å². The summed E-state index contributed by atoms with van der Waals surface area (Å²) < 4.78 is 39.5. The number of benzene rings is 1. The molecule has 0 saturated carbocycles. The van der Waals surface area contributed by atoms with Gasteiger partial charge in [-0.3, -0.25) is 4.79 Å². The number of piperidine rings is 1. The fraction of sp³-hybridized carbons (Fsp3) is 0.467. The van der Waals surface area contributed by atoms with Crippen molar-refractivity contribution in [2.45, 2.75) is 12.8 Å².